The van der Waals surface area contributed by atoms with Gasteiger partial charge in [-0.25, -0.2) is 14.2 Å². The number of carbonyl (C=O) groups excluding carboxylic acids is 2. The van der Waals surface area contributed by atoms with Gasteiger partial charge in [0.2, 0.25) is 5.91 Å². The lowest BCUT2D eigenvalue weighted by atomic mass is 10.1. The first-order valence-electron chi connectivity index (χ1n) is 7.93. The van der Waals surface area contributed by atoms with Crippen LogP contribution in [0.2, 0.25) is 0 Å². The molecule has 2 aromatic rings. The van der Waals surface area contributed by atoms with E-state index >= 15 is 0 Å². The summed E-state index contributed by atoms with van der Waals surface area (Å²) in [5.74, 6) is -0.609. The maximum Gasteiger partial charge on any atom is 0.342 e. The number of fused-ring (bicyclic) bond motifs is 1. The van der Waals surface area contributed by atoms with Crippen LogP contribution < -0.4 is 10.6 Å². The highest BCUT2D eigenvalue weighted by Crippen LogP contribution is 2.35. The molecular formula is C18H18FN3O3. The van der Waals surface area contributed by atoms with E-state index in [2.05, 4.69) is 4.98 Å². The van der Waals surface area contributed by atoms with Gasteiger partial charge in [-0.05, 0) is 31.5 Å². The molecule has 1 amide bonds. The van der Waals surface area contributed by atoms with Gasteiger partial charge in [0.1, 0.15) is 17.2 Å². The van der Waals surface area contributed by atoms with Crippen molar-refractivity contribution in [2.24, 2.45) is 0 Å². The third kappa shape index (κ3) is 3.05. The summed E-state index contributed by atoms with van der Waals surface area (Å²) in [4.78, 5) is 30.4. The molecule has 0 spiro atoms. The van der Waals surface area contributed by atoms with Gasteiger partial charge in [-0.2, -0.15) is 0 Å². The first-order chi connectivity index (χ1) is 11.9. The topological polar surface area (TPSA) is 85.5 Å². The molecule has 6 nitrogen and oxygen atoms in total. The van der Waals surface area contributed by atoms with Gasteiger partial charge < -0.3 is 10.5 Å². The smallest absolute Gasteiger partial charge is 0.342 e. The quantitative estimate of drug-likeness (QED) is 0.862. The normalized spacial score (nSPS) is 13.1. The third-order valence-corrected chi connectivity index (χ3v) is 4.12. The maximum atomic E-state index is 13.1. The summed E-state index contributed by atoms with van der Waals surface area (Å²) in [5.41, 5.74) is 8.29. The van der Waals surface area contributed by atoms with Gasteiger partial charge in [-0.3, -0.25) is 9.69 Å². The summed E-state index contributed by atoms with van der Waals surface area (Å²) in [6.45, 7) is 3.85. The zero-order valence-electron chi connectivity index (χ0n) is 14.0. The molecule has 0 atom stereocenters. The number of amides is 1. The Morgan fingerprint density at radius 3 is 2.68 bits per heavy atom. The number of hydrogen-bond acceptors (Lipinski definition) is 5. The number of benzene rings is 1. The lowest BCUT2D eigenvalue weighted by Crippen LogP contribution is -2.26. The second kappa shape index (κ2) is 6.51. The molecule has 130 valence electrons. The molecule has 2 N–H and O–H groups in total. The summed E-state index contributed by atoms with van der Waals surface area (Å²) < 4.78 is 18.1. The summed E-state index contributed by atoms with van der Waals surface area (Å²) in [5, 5.41) is 0. The predicted molar refractivity (Wildman–Crippen MR) is 90.6 cm³/mol. The third-order valence-electron chi connectivity index (χ3n) is 4.12. The van der Waals surface area contributed by atoms with E-state index in [9.17, 15) is 14.0 Å². The van der Waals surface area contributed by atoms with E-state index in [0.717, 1.165) is 5.56 Å². The van der Waals surface area contributed by atoms with Gasteiger partial charge >= 0.3 is 5.97 Å². The van der Waals surface area contributed by atoms with Crippen molar-refractivity contribution in [2.75, 3.05) is 17.2 Å². The van der Waals surface area contributed by atoms with Crippen LogP contribution in [0.1, 0.15) is 34.1 Å². The second-order valence-corrected chi connectivity index (χ2v) is 5.79. The van der Waals surface area contributed by atoms with Crippen LogP contribution in [0.15, 0.2) is 24.3 Å². The van der Waals surface area contributed by atoms with Crippen LogP contribution in [0, 0.1) is 12.7 Å². The number of anilines is 2. The molecule has 3 rings (SSSR count). The highest BCUT2D eigenvalue weighted by molar-refractivity contribution is 6.05. The van der Waals surface area contributed by atoms with E-state index < -0.39 is 5.97 Å². The molecule has 25 heavy (non-hydrogen) atoms. The number of rotatable bonds is 4. The number of pyridine rings is 1. The van der Waals surface area contributed by atoms with Crippen molar-refractivity contribution in [3.05, 3.63) is 52.5 Å². The van der Waals surface area contributed by atoms with Crippen LogP contribution in [0.4, 0.5) is 15.9 Å². The number of carbonyl (C=O) groups is 2. The van der Waals surface area contributed by atoms with Crippen LogP contribution in [0.3, 0.4) is 0 Å². The summed E-state index contributed by atoms with van der Waals surface area (Å²) >= 11 is 0. The monoisotopic (exact) mass is 343 g/mol. The first kappa shape index (κ1) is 16.9. The Balaban J connectivity index is 1.98. The Hall–Kier alpha value is -2.96. The van der Waals surface area contributed by atoms with E-state index in [0.29, 0.717) is 17.1 Å². The van der Waals surface area contributed by atoms with Crippen LogP contribution in [0.5, 0.6) is 0 Å². The highest BCUT2D eigenvalue weighted by Gasteiger charge is 2.34. The minimum atomic E-state index is -0.544. The minimum absolute atomic E-state index is 0.0715. The van der Waals surface area contributed by atoms with Gasteiger partial charge in [0, 0.05) is 5.56 Å². The Labute approximate surface area is 144 Å². The molecule has 0 radical (unpaired) electrons. The zero-order valence-corrected chi connectivity index (χ0v) is 14.0. The van der Waals surface area contributed by atoms with Gasteiger partial charge in [-0.1, -0.05) is 12.1 Å². The fraction of sp³-hybridized carbons (Fsp3) is 0.278. The van der Waals surface area contributed by atoms with Gasteiger partial charge in [0.15, 0.2) is 0 Å². The number of hydrogen-bond donors (Lipinski definition) is 1. The van der Waals surface area contributed by atoms with E-state index in [1.807, 2.05) is 0 Å². The lowest BCUT2D eigenvalue weighted by molar-refractivity contribution is -0.117. The molecule has 0 saturated carbocycles. The maximum absolute atomic E-state index is 13.1. The van der Waals surface area contributed by atoms with E-state index in [1.54, 1.807) is 26.0 Å². The number of nitrogens with zero attached hydrogens (tertiary/aromatic N) is 2. The van der Waals surface area contributed by atoms with Gasteiger partial charge in [0.05, 0.1) is 31.0 Å². The number of esters is 1. The highest BCUT2D eigenvalue weighted by atomic mass is 19.1. The van der Waals surface area contributed by atoms with Crippen molar-refractivity contribution < 1.29 is 18.7 Å². The molecule has 0 bridgehead atoms. The Kier molecular flexibility index (Phi) is 4.39. The number of ether oxygens (including phenoxy) is 1. The average Bonchev–Trinajstić information content (AvgIpc) is 2.86. The van der Waals surface area contributed by atoms with Crippen molar-refractivity contribution in [1.82, 2.24) is 4.98 Å². The Morgan fingerprint density at radius 1 is 1.36 bits per heavy atom. The molecule has 0 saturated heterocycles. The first-order valence-corrected chi connectivity index (χ1v) is 7.93. The second-order valence-electron chi connectivity index (χ2n) is 5.79. The standard InChI is InChI=1S/C18H18FN3O3/c1-3-25-18(24)15-10(2)21-17-13(16(15)20)8-14(23)22(17)9-11-4-6-12(19)7-5-11/h4-7H,3,8-9H2,1-2H3,(H2,20,21). The van der Waals surface area contributed by atoms with Crippen LogP contribution in [0.25, 0.3) is 0 Å². The predicted octanol–water partition coefficient (Wildman–Crippen LogP) is 2.38. The largest absolute Gasteiger partial charge is 0.462 e. The van der Waals surface area contributed by atoms with Crippen LogP contribution in [-0.4, -0.2) is 23.5 Å². The Bertz CT molecular complexity index is 850. The summed E-state index contributed by atoms with van der Waals surface area (Å²) in [6.07, 6.45) is 0.0715. The van der Waals surface area contributed by atoms with E-state index in [-0.39, 0.29) is 42.5 Å². The van der Waals surface area contributed by atoms with Gasteiger partial charge in [0.25, 0.3) is 0 Å². The van der Waals surface area contributed by atoms with E-state index in [4.69, 9.17) is 10.5 Å². The molecule has 1 aromatic carbocycles. The van der Waals surface area contributed by atoms with Gasteiger partial charge in [-0.15, -0.1) is 0 Å². The fourth-order valence-corrected chi connectivity index (χ4v) is 2.91. The zero-order chi connectivity index (χ0) is 18.1. The van der Waals surface area contributed by atoms with Crippen molar-refractivity contribution in [3.8, 4) is 0 Å². The van der Waals surface area contributed by atoms with Crippen molar-refractivity contribution in [3.63, 3.8) is 0 Å². The number of nitrogen functional groups attached to an aromatic ring is 1. The summed E-state index contributed by atoms with van der Waals surface area (Å²) in [7, 11) is 0. The SMILES string of the molecule is CCOC(=O)c1c(C)nc2c(c1N)CC(=O)N2Cc1ccc(F)cc1. The number of halogens is 1. The van der Waals surface area contributed by atoms with E-state index in [1.165, 1.54) is 17.0 Å². The Morgan fingerprint density at radius 2 is 2.04 bits per heavy atom. The molecular weight excluding hydrogens is 325 g/mol. The number of aryl methyl sites for hydroxylation is 1. The van der Waals surface area contributed by atoms with Crippen LogP contribution in [-0.2, 0) is 22.5 Å². The fourth-order valence-electron chi connectivity index (χ4n) is 2.91. The molecule has 0 aliphatic carbocycles. The number of aromatic nitrogens is 1. The number of nitrogens with two attached hydrogens (primary N) is 1. The average molecular weight is 343 g/mol. The molecule has 2 heterocycles. The van der Waals surface area contributed by atoms with Crippen LogP contribution >= 0.6 is 0 Å². The molecule has 0 unspecified atom stereocenters. The van der Waals surface area contributed by atoms with Crippen molar-refractivity contribution >= 4 is 23.4 Å². The molecule has 1 aliphatic heterocycles. The van der Waals surface area contributed by atoms with Crippen molar-refractivity contribution in [1.29, 1.82) is 0 Å². The van der Waals surface area contributed by atoms with Crippen molar-refractivity contribution in [2.45, 2.75) is 26.8 Å². The summed E-state index contributed by atoms with van der Waals surface area (Å²) in [6, 6.07) is 5.91. The molecule has 1 aliphatic rings. The lowest BCUT2D eigenvalue weighted by Gasteiger charge is -2.18. The molecule has 1 aromatic heterocycles. The molecule has 0 fully saturated rings. The molecule has 7 heteroatoms. The minimum Gasteiger partial charge on any atom is -0.462 e.